The van der Waals surface area contributed by atoms with Crippen LogP contribution in [0.5, 0.6) is 5.75 Å². The van der Waals surface area contributed by atoms with Gasteiger partial charge >= 0.3 is 0 Å². The molecule has 0 saturated heterocycles. The maximum absolute atomic E-state index is 11.0. The Morgan fingerprint density at radius 1 is 1.19 bits per heavy atom. The van der Waals surface area contributed by atoms with Gasteiger partial charge in [-0.15, -0.1) is 0 Å². The molecule has 3 N–H and O–H groups in total. The van der Waals surface area contributed by atoms with Crippen molar-refractivity contribution in [3.63, 3.8) is 0 Å². The molecular weight excluding hydrogens is 264 g/mol. The highest BCUT2D eigenvalue weighted by atomic mass is 16.5. The van der Waals surface area contributed by atoms with Crippen LogP contribution in [0.4, 0.5) is 5.69 Å². The number of carbonyl (C=O) groups is 1. The van der Waals surface area contributed by atoms with Crippen LogP contribution in [0.2, 0.25) is 0 Å². The van der Waals surface area contributed by atoms with E-state index in [0.717, 1.165) is 30.0 Å². The minimum Gasteiger partial charge on any atom is -0.494 e. The molecular formula is C17H20N2O2. The molecule has 0 aromatic heterocycles. The largest absolute Gasteiger partial charge is 0.494 e. The molecule has 0 unspecified atom stereocenters. The summed E-state index contributed by atoms with van der Waals surface area (Å²) in [7, 11) is 0. The maximum Gasteiger partial charge on any atom is 0.248 e. The molecule has 0 heterocycles. The van der Waals surface area contributed by atoms with Crippen molar-refractivity contribution in [3.05, 3.63) is 59.7 Å². The van der Waals surface area contributed by atoms with E-state index >= 15 is 0 Å². The molecule has 0 bridgehead atoms. The van der Waals surface area contributed by atoms with Gasteiger partial charge < -0.3 is 15.8 Å². The van der Waals surface area contributed by atoms with E-state index in [4.69, 9.17) is 10.5 Å². The summed E-state index contributed by atoms with van der Waals surface area (Å²) in [4.78, 5) is 11.0. The highest BCUT2D eigenvalue weighted by molar-refractivity contribution is 5.92. The predicted molar refractivity (Wildman–Crippen MR) is 84.5 cm³/mol. The Hall–Kier alpha value is -2.49. The molecule has 21 heavy (non-hydrogen) atoms. The predicted octanol–water partition coefficient (Wildman–Crippen LogP) is 3.19. The molecule has 0 radical (unpaired) electrons. The number of carbonyl (C=O) groups excluding carboxylic acids is 1. The van der Waals surface area contributed by atoms with Gasteiger partial charge in [-0.3, -0.25) is 4.79 Å². The van der Waals surface area contributed by atoms with Crippen molar-refractivity contribution in [3.8, 4) is 5.75 Å². The summed E-state index contributed by atoms with van der Waals surface area (Å²) in [5.74, 6) is 0.459. The van der Waals surface area contributed by atoms with Gasteiger partial charge in [-0.2, -0.15) is 0 Å². The number of hydrogen-bond donors (Lipinski definition) is 2. The third-order valence-corrected chi connectivity index (χ3v) is 3.04. The normalized spacial score (nSPS) is 10.1. The summed E-state index contributed by atoms with van der Waals surface area (Å²) in [5, 5.41) is 3.33. The van der Waals surface area contributed by atoms with Crippen molar-refractivity contribution < 1.29 is 9.53 Å². The Balaban J connectivity index is 1.94. The highest BCUT2D eigenvalue weighted by Crippen LogP contribution is 2.18. The number of benzene rings is 2. The first-order valence-electron chi connectivity index (χ1n) is 7.04. The van der Waals surface area contributed by atoms with Gasteiger partial charge in [0.2, 0.25) is 5.91 Å². The molecule has 4 heteroatoms. The van der Waals surface area contributed by atoms with E-state index in [-0.39, 0.29) is 0 Å². The van der Waals surface area contributed by atoms with Gasteiger partial charge in [0.15, 0.2) is 0 Å². The number of nitrogens with one attached hydrogen (secondary N) is 1. The van der Waals surface area contributed by atoms with Crippen LogP contribution in [0.1, 0.15) is 29.3 Å². The number of anilines is 1. The first-order chi connectivity index (χ1) is 10.2. The zero-order chi connectivity index (χ0) is 15.1. The van der Waals surface area contributed by atoms with Crippen LogP contribution in [0.15, 0.2) is 48.5 Å². The summed E-state index contributed by atoms with van der Waals surface area (Å²) in [6.07, 6.45) is 0.990. The Morgan fingerprint density at radius 3 is 2.62 bits per heavy atom. The summed E-state index contributed by atoms with van der Waals surface area (Å²) in [5.41, 5.74) is 7.82. The molecule has 2 rings (SSSR count). The number of hydrogen-bond acceptors (Lipinski definition) is 3. The lowest BCUT2D eigenvalue weighted by Crippen LogP contribution is -2.10. The topological polar surface area (TPSA) is 64.3 Å². The summed E-state index contributed by atoms with van der Waals surface area (Å²) in [6, 6.07) is 15.1. The van der Waals surface area contributed by atoms with Crippen LogP contribution in [-0.4, -0.2) is 12.5 Å². The number of primary amides is 1. The standard InChI is InChI=1S/C17H20N2O2/c1-2-10-21-16-5-3-4-15(11-16)19-12-13-6-8-14(9-7-13)17(18)20/h3-9,11,19H,2,10,12H2,1H3,(H2,18,20). The van der Waals surface area contributed by atoms with Crippen molar-refractivity contribution in [2.75, 3.05) is 11.9 Å². The molecule has 0 aliphatic heterocycles. The Morgan fingerprint density at radius 2 is 1.95 bits per heavy atom. The van der Waals surface area contributed by atoms with Crippen molar-refractivity contribution in [1.29, 1.82) is 0 Å². The Bertz CT molecular complexity index is 594. The van der Waals surface area contributed by atoms with Gasteiger partial charge in [0.1, 0.15) is 5.75 Å². The lowest BCUT2D eigenvalue weighted by molar-refractivity contribution is 0.100. The molecule has 0 spiro atoms. The van der Waals surface area contributed by atoms with Crippen LogP contribution in [-0.2, 0) is 6.54 Å². The average molecular weight is 284 g/mol. The van der Waals surface area contributed by atoms with E-state index in [1.165, 1.54) is 0 Å². The van der Waals surface area contributed by atoms with Gasteiger partial charge in [-0.1, -0.05) is 25.1 Å². The van der Waals surface area contributed by atoms with Gasteiger partial charge in [0, 0.05) is 23.9 Å². The van der Waals surface area contributed by atoms with E-state index < -0.39 is 5.91 Å². The van der Waals surface area contributed by atoms with Gasteiger partial charge in [0.05, 0.1) is 6.61 Å². The van der Waals surface area contributed by atoms with E-state index in [0.29, 0.717) is 12.1 Å². The third kappa shape index (κ3) is 4.53. The van der Waals surface area contributed by atoms with Crippen LogP contribution in [0.25, 0.3) is 0 Å². The summed E-state index contributed by atoms with van der Waals surface area (Å²) in [6.45, 7) is 3.48. The minimum absolute atomic E-state index is 0.407. The van der Waals surface area contributed by atoms with Crippen LogP contribution in [0.3, 0.4) is 0 Å². The number of amides is 1. The quantitative estimate of drug-likeness (QED) is 0.820. The SMILES string of the molecule is CCCOc1cccc(NCc2ccc(C(N)=O)cc2)c1. The molecule has 110 valence electrons. The van der Waals surface area contributed by atoms with Crippen molar-refractivity contribution in [1.82, 2.24) is 0 Å². The number of rotatable bonds is 7. The first-order valence-corrected chi connectivity index (χ1v) is 7.04. The third-order valence-electron chi connectivity index (χ3n) is 3.04. The van der Waals surface area contributed by atoms with E-state index in [2.05, 4.69) is 12.2 Å². The van der Waals surface area contributed by atoms with E-state index in [1.807, 2.05) is 36.4 Å². The van der Waals surface area contributed by atoms with Gasteiger partial charge in [0.25, 0.3) is 0 Å². The lowest BCUT2D eigenvalue weighted by Gasteiger charge is -2.09. The fourth-order valence-corrected chi connectivity index (χ4v) is 1.91. The molecule has 0 saturated carbocycles. The van der Waals surface area contributed by atoms with Crippen molar-refractivity contribution in [2.24, 2.45) is 5.73 Å². The average Bonchev–Trinajstić information content (AvgIpc) is 2.52. The smallest absolute Gasteiger partial charge is 0.248 e. The van der Waals surface area contributed by atoms with Gasteiger partial charge in [-0.25, -0.2) is 0 Å². The second-order valence-electron chi connectivity index (χ2n) is 4.79. The van der Waals surface area contributed by atoms with Crippen LogP contribution in [0, 0.1) is 0 Å². The Labute approximate surface area is 124 Å². The molecule has 2 aromatic rings. The fraction of sp³-hybridized carbons (Fsp3) is 0.235. The highest BCUT2D eigenvalue weighted by Gasteiger charge is 2.00. The molecule has 0 aliphatic carbocycles. The summed E-state index contributed by atoms with van der Waals surface area (Å²) >= 11 is 0. The number of ether oxygens (including phenoxy) is 1. The minimum atomic E-state index is -0.407. The first kappa shape index (κ1) is 14.9. The summed E-state index contributed by atoms with van der Waals surface area (Å²) < 4.78 is 5.60. The van der Waals surface area contributed by atoms with Crippen LogP contribution >= 0.6 is 0 Å². The zero-order valence-electron chi connectivity index (χ0n) is 12.1. The molecule has 0 aliphatic rings. The second-order valence-corrected chi connectivity index (χ2v) is 4.79. The number of nitrogens with two attached hydrogens (primary N) is 1. The second kappa shape index (κ2) is 7.33. The lowest BCUT2D eigenvalue weighted by atomic mass is 10.1. The fourth-order valence-electron chi connectivity index (χ4n) is 1.91. The zero-order valence-corrected chi connectivity index (χ0v) is 12.1. The molecule has 0 atom stereocenters. The van der Waals surface area contributed by atoms with Crippen molar-refractivity contribution >= 4 is 11.6 Å². The van der Waals surface area contributed by atoms with Crippen LogP contribution < -0.4 is 15.8 Å². The molecule has 0 fully saturated rings. The molecule has 1 amide bonds. The molecule has 2 aromatic carbocycles. The molecule has 4 nitrogen and oxygen atoms in total. The van der Waals surface area contributed by atoms with E-state index in [9.17, 15) is 4.79 Å². The maximum atomic E-state index is 11.0. The Kier molecular flexibility index (Phi) is 5.21. The van der Waals surface area contributed by atoms with Gasteiger partial charge in [-0.05, 0) is 36.2 Å². The van der Waals surface area contributed by atoms with Crippen molar-refractivity contribution in [2.45, 2.75) is 19.9 Å². The monoisotopic (exact) mass is 284 g/mol. The van der Waals surface area contributed by atoms with E-state index in [1.54, 1.807) is 12.1 Å².